The number of piperazine rings is 1. The molecule has 170 valence electrons. The van der Waals surface area contributed by atoms with Crippen molar-refractivity contribution in [3.8, 4) is 11.3 Å². The Labute approximate surface area is 190 Å². The van der Waals surface area contributed by atoms with Crippen LogP contribution >= 0.6 is 0 Å². The summed E-state index contributed by atoms with van der Waals surface area (Å²) in [5.41, 5.74) is 6.36. The number of nitrogens with zero attached hydrogens (tertiary/aromatic N) is 4. The number of fused-ring (bicyclic) bond motifs is 3. The number of nitrogens with one attached hydrogen (secondary N) is 1. The van der Waals surface area contributed by atoms with Gasteiger partial charge in [0.05, 0.1) is 30.8 Å². The van der Waals surface area contributed by atoms with Crippen molar-refractivity contribution in [2.75, 3.05) is 20.1 Å². The third-order valence-corrected chi connectivity index (χ3v) is 7.45. The number of hydrogen-bond acceptors (Lipinski definition) is 3. The van der Waals surface area contributed by atoms with Gasteiger partial charge in [0.15, 0.2) is 5.65 Å². The van der Waals surface area contributed by atoms with Gasteiger partial charge in [0, 0.05) is 37.7 Å². The number of imidazole rings is 1. The lowest BCUT2D eigenvalue weighted by Crippen LogP contribution is -2.55. The quantitative estimate of drug-likeness (QED) is 0.640. The van der Waals surface area contributed by atoms with Crippen molar-refractivity contribution in [1.29, 1.82) is 0 Å². The molecular formula is C26H36N5O+. The van der Waals surface area contributed by atoms with E-state index in [0.29, 0.717) is 12.6 Å². The summed E-state index contributed by atoms with van der Waals surface area (Å²) in [5, 5.41) is 3.63. The molecule has 0 aliphatic carbocycles. The van der Waals surface area contributed by atoms with Crippen LogP contribution in [0.2, 0.25) is 0 Å². The molecule has 0 saturated carbocycles. The molecule has 0 radical (unpaired) electrons. The van der Waals surface area contributed by atoms with E-state index in [2.05, 4.69) is 70.4 Å². The van der Waals surface area contributed by atoms with Crippen LogP contribution in [0.15, 0.2) is 35.1 Å². The Morgan fingerprint density at radius 1 is 1.22 bits per heavy atom. The Balaban J connectivity index is 1.52. The highest BCUT2D eigenvalue weighted by molar-refractivity contribution is 5.77. The number of aryl methyl sites for hydroxylation is 2. The van der Waals surface area contributed by atoms with Crippen molar-refractivity contribution < 1.29 is 4.48 Å². The van der Waals surface area contributed by atoms with E-state index in [4.69, 9.17) is 4.98 Å². The second-order valence-corrected chi connectivity index (χ2v) is 11.5. The van der Waals surface area contributed by atoms with Crippen molar-refractivity contribution in [3.63, 3.8) is 0 Å². The Hall–Kier alpha value is -2.44. The summed E-state index contributed by atoms with van der Waals surface area (Å²) < 4.78 is 4.66. The predicted octanol–water partition coefficient (Wildman–Crippen LogP) is 3.45. The lowest BCUT2D eigenvalue weighted by molar-refractivity contribution is -0.936. The maximum absolute atomic E-state index is 12.9. The normalized spacial score (nSPS) is 25.2. The maximum atomic E-state index is 12.9. The van der Waals surface area contributed by atoms with Crippen molar-refractivity contribution in [1.82, 2.24) is 19.4 Å². The summed E-state index contributed by atoms with van der Waals surface area (Å²) in [4.78, 5) is 17.9. The van der Waals surface area contributed by atoms with Crippen LogP contribution in [0.1, 0.15) is 38.3 Å². The second-order valence-electron chi connectivity index (χ2n) is 11.5. The third-order valence-electron chi connectivity index (χ3n) is 7.45. The van der Waals surface area contributed by atoms with Crippen LogP contribution in [0.5, 0.6) is 0 Å². The van der Waals surface area contributed by atoms with Crippen molar-refractivity contribution in [2.45, 2.75) is 59.3 Å². The highest BCUT2D eigenvalue weighted by Gasteiger charge is 2.48. The van der Waals surface area contributed by atoms with Gasteiger partial charge in [-0.1, -0.05) is 32.9 Å². The van der Waals surface area contributed by atoms with Gasteiger partial charge in [-0.05, 0) is 36.1 Å². The number of aromatic nitrogens is 3. The van der Waals surface area contributed by atoms with Gasteiger partial charge in [-0.25, -0.2) is 9.78 Å². The number of hydrogen-bond donors (Lipinski definition) is 1. The molecule has 0 amide bonds. The highest BCUT2D eigenvalue weighted by atomic mass is 16.1. The zero-order chi connectivity index (χ0) is 22.8. The SMILES string of the molecule is Cc1ccc(C[N+]2(C)CC3CC2CN3)cc1-c1ccc2c(n1)n(C)c(=O)n2CC(C)(C)C. The lowest BCUT2D eigenvalue weighted by Gasteiger charge is -2.38. The van der Waals surface area contributed by atoms with E-state index in [1.54, 1.807) is 4.57 Å². The monoisotopic (exact) mass is 434 g/mol. The molecule has 2 aliphatic rings. The molecule has 3 atom stereocenters. The molecule has 2 fully saturated rings. The molecule has 0 spiro atoms. The van der Waals surface area contributed by atoms with Gasteiger partial charge in [0.2, 0.25) is 0 Å². The van der Waals surface area contributed by atoms with Crippen molar-refractivity contribution >= 4 is 11.2 Å². The summed E-state index contributed by atoms with van der Waals surface area (Å²) in [7, 11) is 4.23. The molecule has 6 heteroatoms. The first-order valence-corrected chi connectivity index (χ1v) is 11.8. The molecule has 1 aromatic carbocycles. The number of rotatable bonds is 4. The van der Waals surface area contributed by atoms with E-state index >= 15 is 0 Å². The number of quaternary nitrogens is 1. The Kier molecular flexibility index (Phi) is 4.88. The van der Waals surface area contributed by atoms with Crippen LogP contribution in [-0.2, 0) is 20.1 Å². The van der Waals surface area contributed by atoms with Gasteiger partial charge in [-0.2, -0.15) is 0 Å². The van der Waals surface area contributed by atoms with Crippen LogP contribution in [0.25, 0.3) is 22.4 Å². The van der Waals surface area contributed by atoms with Crippen molar-refractivity contribution in [3.05, 3.63) is 51.9 Å². The molecule has 2 aromatic heterocycles. The smallest absolute Gasteiger partial charge is 0.317 e. The molecule has 4 heterocycles. The number of likely N-dealkylation sites (N-methyl/N-ethyl adjacent to an activating group) is 1. The molecule has 1 N–H and O–H groups in total. The first-order valence-electron chi connectivity index (χ1n) is 11.8. The summed E-state index contributed by atoms with van der Waals surface area (Å²) >= 11 is 0. The minimum atomic E-state index is 0.000156. The number of benzene rings is 1. The van der Waals surface area contributed by atoms with Crippen LogP contribution in [0.4, 0.5) is 0 Å². The molecule has 2 saturated heterocycles. The highest BCUT2D eigenvalue weighted by Crippen LogP contribution is 2.33. The average Bonchev–Trinajstić information content (AvgIpc) is 3.37. The fourth-order valence-electron chi connectivity index (χ4n) is 5.77. The number of likely N-dealkylation sites (tertiary alicyclic amines) is 1. The van der Waals surface area contributed by atoms with Crippen LogP contribution in [0.3, 0.4) is 0 Å². The zero-order valence-electron chi connectivity index (χ0n) is 20.3. The lowest BCUT2D eigenvalue weighted by atomic mass is 9.97. The molecule has 3 unspecified atom stereocenters. The first kappa shape index (κ1) is 21.4. The molecule has 32 heavy (non-hydrogen) atoms. The van der Waals surface area contributed by atoms with E-state index in [1.807, 2.05) is 11.6 Å². The summed E-state index contributed by atoms with van der Waals surface area (Å²) in [5.74, 6) is 0. The molecule has 3 aromatic rings. The molecule has 2 aliphatic heterocycles. The Morgan fingerprint density at radius 3 is 2.66 bits per heavy atom. The molecule has 6 nitrogen and oxygen atoms in total. The third kappa shape index (κ3) is 3.59. The molecule has 2 bridgehead atoms. The van der Waals surface area contributed by atoms with Gasteiger partial charge >= 0.3 is 5.69 Å². The van der Waals surface area contributed by atoms with Crippen LogP contribution in [-0.4, -0.2) is 50.8 Å². The number of pyridine rings is 1. The fourth-order valence-corrected chi connectivity index (χ4v) is 5.77. The van der Waals surface area contributed by atoms with Crippen molar-refractivity contribution in [2.24, 2.45) is 12.5 Å². The van der Waals surface area contributed by atoms with E-state index in [-0.39, 0.29) is 11.1 Å². The van der Waals surface area contributed by atoms with Gasteiger partial charge in [-0.15, -0.1) is 0 Å². The van der Waals surface area contributed by atoms with Gasteiger partial charge in [-0.3, -0.25) is 9.13 Å². The second kappa shape index (κ2) is 7.29. The summed E-state index contributed by atoms with van der Waals surface area (Å²) in [6.07, 6.45) is 1.30. The minimum Gasteiger partial charge on any atom is -0.317 e. The fraction of sp³-hybridized carbons (Fsp3) is 0.538. The zero-order valence-corrected chi connectivity index (χ0v) is 20.3. The minimum absolute atomic E-state index is 0.000156. The summed E-state index contributed by atoms with van der Waals surface area (Å²) in [6, 6.07) is 12.3. The van der Waals surface area contributed by atoms with Crippen LogP contribution in [0, 0.1) is 12.3 Å². The van der Waals surface area contributed by atoms with Gasteiger partial charge in [0.25, 0.3) is 0 Å². The molecule has 5 rings (SSSR count). The largest absolute Gasteiger partial charge is 0.330 e. The molecular weight excluding hydrogens is 398 g/mol. The van der Waals surface area contributed by atoms with Crippen LogP contribution < -0.4 is 11.0 Å². The maximum Gasteiger partial charge on any atom is 0.330 e. The first-order chi connectivity index (χ1) is 15.0. The van der Waals surface area contributed by atoms with E-state index in [9.17, 15) is 4.79 Å². The van der Waals surface area contributed by atoms with E-state index in [0.717, 1.165) is 46.0 Å². The average molecular weight is 435 g/mol. The standard InChI is InChI=1S/C26H36N5O/c1-17-7-8-18(14-31(6)15-19-12-20(31)13-27-19)11-21(17)22-9-10-23-24(28-22)29(5)25(32)30(23)16-26(2,3)4/h7-11,19-20,27H,12-16H2,1-6H3/q+1. The van der Waals surface area contributed by atoms with E-state index in [1.165, 1.54) is 24.1 Å². The van der Waals surface area contributed by atoms with E-state index < -0.39 is 0 Å². The Bertz CT molecular complexity index is 1250. The topological polar surface area (TPSA) is 51.9 Å². The van der Waals surface area contributed by atoms with Gasteiger partial charge < -0.3 is 9.80 Å². The van der Waals surface area contributed by atoms with Gasteiger partial charge in [0.1, 0.15) is 12.6 Å². The Morgan fingerprint density at radius 2 is 2.00 bits per heavy atom. The summed E-state index contributed by atoms with van der Waals surface area (Å²) in [6.45, 7) is 12.7. The predicted molar refractivity (Wildman–Crippen MR) is 130 cm³/mol.